The van der Waals surface area contributed by atoms with Gasteiger partial charge in [-0.25, -0.2) is 0 Å². The van der Waals surface area contributed by atoms with Crippen LogP contribution in [0.3, 0.4) is 0 Å². The Morgan fingerprint density at radius 2 is 1.86 bits per heavy atom. The van der Waals surface area contributed by atoms with Gasteiger partial charge in [-0.3, -0.25) is 0 Å². The van der Waals surface area contributed by atoms with E-state index in [4.69, 9.17) is 0 Å². The second kappa shape index (κ2) is 4.19. The molecule has 2 fully saturated rings. The van der Waals surface area contributed by atoms with E-state index < -0.39 is 0 Å². The Morgan fingerprint density at radius 3 is 2.50 bits per heavy atom. The molecule has 2 saturated heterocycles. The number of hydrogen-bond donors (Lipinski definition) is 1. The first-order valence-corrected chi connectivity index (χ1v) is 6.21. The summed E-state index contributed by atoms with van der Waals surface area (Å²) in [5, 5.41) is 3.74. The molecule has 0 aromatic carbocycles. The molecule has 2 rings (SSSR count). The molecule has 2 heteroatoms. The van der Waals surface area contributed by atoms with Crippen LogP contribution in [0.15, 0.2) is 0 Å². The first-order valence-electron chi connectivity index (χ1n) is 6.21. The standard InChI is InChI=1S/C12H24N2/c1-11(2)14-9-4-6-12(7-10-14)5-3-8-13-12/h11,13H,3-10H2,1-2H3. The van der Waals surface area contributed by atoms with Crippen molar-refractivity contribution in [2.75, 3.05) is 19.6 Å². The summed E-state index contributed by atoms with van der Waals surface area (Å²) in [7, 11) is 0. The third kappa shape index (κ3) is 2.12. The lowest BCUT2D eigenvalue weighted by molar-refractivity contribution is 0.222. The van der Waals surface area contributed by atoms with Gasteiger partial charge in [-0.1, -0.05) is 0 Å². The van der Waals surface area contributed by atoms with Gasteiger partial charge in [0.2, 0.25) is 0 Å². The van der Waals surface area contributed by atoms with Crippen molar-refractivity contribution in [2.45, 2.75) is 57.5 Å². The highest BCUT2D eigenvalue weighted by atomic mass is 15.2. The fourth-order valence-electron chi connectivity index (χ4n) is 3.03. The van der Waals surface area contributed by atoms with Gasteiger partial charge in [-0.2, -0.15) is 0 Å². The summed E-state index contributed by atoms with van der Waals surface area (Å²) in [4.78, 5) is 2.63. The van der Waals surface area contributed by atoms with Crippen LogP contribution in [0.2, 0.25) is 0 Å². The normalized spacial score (nSPS) is 35.4. The van der Waals surface area contributed by atoms with Crippen molar-refractivity contribution >= 4 is 0 Å². The molecule has 2 nitrogen and oxygen atoms in total. The van der Waals surface area contributed by atoms with Gasteiger partial charge in [0, 0.05) is 18.1 Å². The summed E-state index contributed by atoms with van der Waals surface area (Å²) < 4.78 is 0. The number of hydrogen-bond acceptors (Lipinski definition) is 2. The van der Waals surface area contributed by atoms with Crippen molar-refractivity contribution in [1.82, 2.24) is 10.2 Å². The fourth-order valence-corrected chi connectivity index (χ4v) is 3.03. The van der Waals surface area contributed by atoms with Crippen LogP contribution in [0.5, 0.6) is 0 Å². The summed E-state index contributed by atoms with van der Waals surface area (Å²) in [6, 6.07) is 0.728. The third-order valence-electron chi connectivity index (χ3n) is 4.04. The van der Waals surface area contributed by atoms with Gasteiger partial charge < -0.3 is 10.2 Å². The fraction of sp³-hybridized carbons (Fsp3) is 1.00. The summed E-state index contributed by atoms with van der Waals surface area (Å²) in [5.74, 6) is 0. The molecule has 2 aliphatic rings. The molecule has 1 N–H and O–H groups in total. The van der Waals surface area contributed by atoms with Crippen molar-refractivity contribution in [1.29, 1.82) is 0 Å². The second-order valence-electron chi connectivity index (χ2n) is 5.29. The molecular weight excluding hydrogens is 172 g/mol. The Labute approximate surface area is 88.1 Å². The highest BCUT2D eigenvalue weighted by molar-refractivity contribution is 4.95. The number of likely N-dealkylation sites (tertiary alicyclic amines) is 1. The van der Waals surface area contributed by atoms with E-state index in [-0.39, 0.29) is 0 Å². The topological polar surface area (TPSA) is 15.3 Å². The molecule has 0 radical (unpaired) electrons. The highest BCUT2D eigenvalue weighted by Gasteiger charge is 2.34. The molecule has 1 atom stereocenters. The van der Waals surface area contributed by atoms with Crippen molar-refractivity contribution in [3.8, 4) is 0 Å². The Balaban J connectivity index is 1.93. The lowest BCUT2D eigenvalue weighted by Gasteiger charge is -2.29. The van der Waals surface area contributed by atoms with Crippen LogP contribution in [-0.4, -0.2) is 36.1 Å². The van der Waals surface area contributed by atoms with E-state index in [0.717, 1.165) is 6.04 Å². The van der Waals surface area contributed by atoms with Crippen LogP contribution in [0.1, 0.15) is 46.0 Å². The lowest BCUT2D eigenvalue weighted by atomic mass is 9.89. The lowest BCUT2D eigenvalue weighted by Crippen LogP contribution is -2.41. The van der Waals surface area contributed by atoms with Crippen molar-refractivity contribution < 1.29 is 0 Å². The number of nitrogens with one attached hydrogen (secondary N) is 1. The van der Waals surface area contributed by atoms with Gasteiger partial charge in [-0.05, 0) is 59.0 Å². The summed E-state index contributed by atoms with van der Waals surface area (Å²) in [5.41, 5.74) is 0.531. The van der Waals surface area contributed by atoms with E-state index >= 15 is 0 Å². The quantitative estimate of drug-likeness (QED) is 0.690. The molecule has 2 aliphatic heterocycles. The minimum absolute atomic E-state index is 0.531. The zero-order valence-electron chi connectivity index (χ0n) is 9.68. The van der Waals surface area contributed by atoms with E-state index in [1.807, 2.05) is 0 Å². The maximum absolute atomic E-state index is 3.74. The van der Waals surface area contributed by atoms with Gasteiger partial charge in [0.05, 0.1) is 0 Å². The molecule has 0 saturated carbocycles. The number of rotatable bonds is 1. The average molecular weight is 196 g/mol. The third-order valence-corrected chi connectivity index (χ3v) is 4.04. The largest absolute Gasteiger partial charge is 0.311 e. The van der Waals surface area contributed by atoms with E-state index in [2.05, 4.69) is 24.1 Å². The molecule has 0 aliphatic carbocycles. The van der Waals surface area contributed by atoms with Crippen molar-refractivity contribution in [2.24, 2.45) is 0 Å². The van der Waals surface area contributed by atoms with Crippen LogP contribution in [0.4, 0.5) is 0 Å². The molecule has 0 aromatic rings. The molecule has 14 heavy (non-hydrogen) atoms. The molecule has 0 amide bonds. The molecule has 0 aromatic heterocycles. The molecule has 82 valence electrons. The van der Waals surface area contributed by atoms with E-state index in [1.54, 1.807) is 0 Å². The van der Waals surface area contributed by atoms with Gasteiger partial charge in [-0.15, -0.1) is 0 Å². The molecule has 2 heterocycles. The zero-order valence-corrected chi connectivity index (χ0v) is 9.68. The predicted octanol–water partition coefficient (Wildman–Crippen LogP) is 2.00. The predicted molar refractivity (Wildman–Crippen MR) is 60.5 cm³/mol. The minimum atomic E-state index is 0.531. The maximum atomic E-state index is 3.74. The van der Waals surface area contributed by atoms with Crippen molar-refractivity contribution in [3.63, 3.8) is 0 Å². The minimum Gasteiger partial charge on any atom is -0.311 e. The molecule has 1 unspecified atom stereocenters. The SMILES string of the molecule is CC(C)N1CCCC2(CCCN2)CC1. The van der Waals surface area contributed by atoms with Gasteiger partial charge >= 0.3 is 0 Å². The smallest absolute Gasteiger partial charge is 0.0194 e. The van der Waals surface area contributed by atoms with Crippen LogP contribution >= 0.6 is 0 Å². The second-order valence-corrected chi connectivity index (χ2v) is 5.29. The van der Waals surface area contributed by atoms with E-state index in [1.165, 1.54) is 51.7 Å². The Bertz CT molecular complexity index is 183. The van der Waals surface area contributed by atoms with Crippen LogP contribution in [0, 0.1) is 0 Å². The summed E-state index contributed by atoms with van der Waals surface area (Å²) in [6.07, 6.45) is 6.95. The summed E-state index contributed by atoms with van der Waals surface area (Å²) in [6.45, 7) is 8.49. The molecule has 0 bridgehead atoms. The van der Waals surface area contributed by atoms with Crippen molar-refractivity contribution in [3.05, 3.63) is 0 Å². The van der Waals surface area contributed by atoms with E-state index in [9.17, 15) is 0 Å². The van der Waals surface area contributed by atoms with Crippen LogP contribution in [-0.2, 0) is 0 Å². The monoisotopic (exact) mass is 196 g/mol. The summed E-state index contributed by atoms with van der Waals surface area (Å²) >= 11 is 0. The van der Waals surface area contributed by atoms with Crippen LogP contribution in [0.25, 0.3) is 0 Å². The molecule has 1 spiro atoms. The molecular formula is C12H24N2. The first kappa shape index (κ1) is 10.4. The Hall–Kier alpha value is -0.0800. The number of nitrogens with zero attached hydrogens (tertiary/aromatic N) is 1. The Kier molecular flexibility index (Phi) is 3.13. The van der Waals surface area contributed by atoms with Gasteiger partial charge in [0.15, 0.2) is 0 Å². The maximum Gasteiger partial charge on any atom is 0.0194 e. The van der Waals surface area contributed by atoms with Gasteiger partial charge in [0.25, 0.3) is 0 Å². The van der Waals surface area contributed by atoms with E-state index in [0.29, 0.717) is 5.54 Å². The van der Waals surface area contributed by atoms with Gasteiger partial charge in [0.1, 0.15) is 0 Å². The first-order chi connectivity index (χ1) is 6.72. The average Bonchev–Trinajstić information content (AvgIpc) is 2.47. The van der Waals surface area contributed by atoms with Crippen LogP contribution < -0.4 is 5.32 Å². The zero-order chi connectivity index (χ0) is 10.0. The Morgan fingerprint density at radius 1 is 1.07 bits per heavy atom. The highest BCUT2D eigenvalue weighted by Crippen LogP contribution is 2.31.